The van der Waals surface area contributed by atoms with Crippen molar-refractivity contribution in [2.75, 3.05) is 12.3 Å². The number of rotatable bonds is 3. The predicted octanol–water partition coefficient (Wildman–Crippen LogP) is 2.00. The van der Waals surface area contributed by atoms with Crippen molar-refractivity contribution in [3.63, 3.8) is 0 Å². The maximum absolute atomic E-state index is 6.10. The molecule has 0 saturated heterocycles. The highest BCUT2D eigenvalue weighted by atomic mass is 15.4. The topological polar surface area (TPSA) is 60.0 Å². The summed E-state index contributed by atoms with van der Waals surface area (Å²) in [6.07, 6.45) is 2.69. The molecule has 0 atom stereocenters. The zero-order valence-corrected chi connectivity index (χ0v) is 12.1. The normalized spacial score (nSPS) is 15.6. The zero-order chi connectivity index (χ0) is 14.1. The van der Waals surface area contributed by atoms with Crippen LogP contribution in [0.15, 0.2) is 24.5 Å². The highest BCUT2D eigenvalue weighted by molar-refractivity contribution is 5.51. The van der Waals surface area contributed by atoms with E-state index in [1.165, 1.54) is 11.1 Å². The third-order valence-electron chi connectivity index (χ3n) is 3.89. The molecule has 0 unspecified atom stereocenters. The second-order valence-electron chi connectivity index (χ2n) is 5.66. The monoisotopic (exact) mass is 271 g/mol. The first-order valence-electron chi connectivity index (χ1n) is 7.12. The molecule has 1 aromatic carbocycles. The first kappa shape index (κ1) is 13.1. The van der Waals surface area contributed by atoms with E-state index in [0.717, 1.165) is 37.6 Å². The smallest absolute Gasteiger partial charge is 0.141 e. The number of nitrogens with two attached hydrogens (primary N) is 1. The summed E-state index contributed by atoms with van der Waals surface area (Å²) in [6.45, 7) is 7.02. The van der Waals surface area contributed by atoms with Gasteiger partial charge in [0.15, 0.2) is 0 Å². The van der Waals surface area contributed by atoms with Gasteiger partial charge in [-0.2, -0.15) is 5.10 Å². The van der Waals surface area contributed by atoms with Gasteiger partial charge in [-0.25, -0.2) is 9.67 Å². The number of nitrogens with zero attached hydrogens (tertiary/aromatic N) is 4. The SMILES string of the molecule is CC(C)n1ncnc1CN1CCc2cccc(N)c2C1. The summed E-state index contributed by atoms with van der Waals surface area (Å²) >= 11 is 0. The molecule has 1 aliphatic rings. The average molecular weight is 271 g/mol. The van der Waals surface area contributed by atoms with E-state index in [1.54, 1.807) is 6.33 Å². The van der Waals surface area contributed by atoms with Gasteiger partial charge in [-0.3, -0.25) is 4.90 Å². The Labute approximate surface area is 119 Å². The number of hydrogen-bond donors (Lipinski definition) is 1. The molecular formula is C15H21N5. The molecule has 0 radical (unpaired) electrons. The van der Waals surface area contributed by atoms with E-state index >= 15 is 0 Å². The van der Waals surface area contributed by atoms with Crippen LogP contribution in [0.4, 0.5) is 5.69 Å². The summed E-state index contributed by atoms with van der Waals surface area (Å²) in [6, 6.07) is 6.55. The number of anilines is 1. The Bertz CT molecular complexity index is 602. The molecule has 2 aromatic rings. The van der Waals surface area contributed by atoms with Crippen LogP contribution >= 0.6 is 0 Å². The van der Waals surface area contributed by atoms with Crippen LogP contribution in [0.25, 0.3) is 0 Å². The molecule has 0 saturated carbocycles. The summed E-state index contributed by atoms with van der Waals surface area (Å²) < 4.78 is 1.99. The standard InChI is InChI=1S/C15H21N5/c1-11(2)20-15(17-10-18-20)9-19-7-6-12-4-3-5-14(16)13(12)8-19/h3-5,10-11H,6-9,16H2,1-2H3. The molecule has 3 rings (SSSR count). The molecule has 20 heavy (non-hydrogen) atoms. The van der Waals surface area contributed by atoms with Gasteiger partial charge in [-0.05, 0) is 37.5 Å². The first-order valence-corrected chi connectivity index (χ1v) is 7.12. The number of aromatic nitrogens is 3. The van der Waals surface area contributed by atoms with Crippen LogP contribution in [0, 0.1) is 0 Å². The van der Waals surface area contributed by atoms with Gasteiger partial charge in [0, 0.05) is 24.8 Å². The van der Waals surface area contributed by atoms with Crippen LogP contribution in [0.1, 0.15) is 36.8 Å². The lowest BCUT2D eigenvalue weighted by Gasteiger charge is -2.29. The molecule has 0 fully saturated rings. The van der Waals surface area contributed by atoms with Crippen molar-refractivity contribution in [3.05, 3.63) is 41.5 Å². The highest BCUT2D eigenvalue weighted by Crippen LogP contribution is 2.25. The Kier molecular flexibility index (Phi) is 3.44. The Morgan fingerprint density at radius 3 is 3.00 bits per heavy atom. The van der Waals surface area contributed by atoms with Crippen molar-refractivity contribution in [1.29, 1.82) is 0 Å². The molecular weight excluding hydrogens is 250 g/mol. The number of hydrogen-bond acceptors (Lipinski definition) is 4. The van der Waals surface area contributed by atoms with Gasteiger partial charge < -0.3 is 5.73 Å². The van der Waals surface area contributed by atoms with E-state index in [0.29, 0.717) is 6.04 Å². The summed E-state index contributed by atoms with van der Waals surface area (Å²) in [5.74, 6) is 1.03. The maximum Gasteiger partial charge on any atom is 0.141 e. The van der Waals surface area contributed by atoms with Crippen LogP contribution < -0.4 is 5.73 Å². The van der Waals surface area contributed by atoms with Gasteiger partial charge in [0.05, 0.1) is 6.54 Å². The minimum atomic E-state index is 0.342. The van der Waals surface area contributed by atoms with Crippen LogP contribution in [0.5, 0.6) is 0 Å². The fourth-order valence-corrected chi connectivity index (χ4v) is 2.82. The molecule has 0 amide bonds. The van der Waals surface area contributed by atoms with Crippen molar-refractivity contribution in [1.82, 2.24) is 19.7 Å². The van der Waals surface area contributed by atoms with Crippen molar-refractivity contribution < 1.29 is 0 Å². The minimum Gasteiger partial charge on any atom is -0.398 e. The Balaban J connectivity index is 1.77. The number of benzene rings is 1. The van der Waals surface area contributed by atoms with Crippen molar-refractivity contribution in [3.8, 4) is 0 Å². The molecule has 0 aliphatic carbocycles. The first-order chi connectivity index (χ1) is 9.65. The van der Waals surface area contributed by atoms with Crippen LogP contribution in [-0.4, -0.2) is 26.2 Å². The van der Waals surface area contributed by atoms with Crippen LogP contribution in [0.2, 0.25) is 0 Å². The quantitative estimate of drug-likeness (QED) is 0.867. The molecule has 0 bridgehead atoms. The van der Waals surface area contributed by atoms with Crippen LogP contribution in [-0.2, 0) is 19.5 Å². The average Bonchev–Trinajstić information content (AvgIpc) is 2.88. The van der Waals surface area contributed by atoms with Crippen molar-refractivity contribution >= 4 is 5.69 Å². The fourth-order valence-electron chi connectivity index (χ4n) is 2.82. The van der Waals surface area contributed by atoms with Gasteiger partial charge in [-0.1, -0.05) is 12.1 Å². The molecule has 1 aromatic heterocycles. The second kappa shape index (κ2) is 5.25. The van der Waals surface area contributed by atoms with E-state index in [2.05, 4.69) is 34.9 Å². The van der Waals surface area contributed by atoms with E-state index in [4.69, 9.17) is 5.73 Å². The molecule has 1 aliphatic heterocycles. The highest BCUT2D eigenvalue weighted by Gasteiger charge is 2.20. The third kappa shape index (κ3) is 2.41. The van der Waals surface area contributed by atoms with E-state index in [1.807, 2.05) is 16.8 Å². The lowest BCUT2D eigenvalue weighted by atomic mass is 9.98. The van der Waals surface area contributed by atoms with Gasteiger partial charge in [0.1, 0.15) is 12.2 Å². The number of nitrogen functional groups attached to an aromatic ring is 1. The Hall–Kier alpha value is -1.88. The predicted molar refractivity (Wildman–Crippen MR) is 79.1 cm³/mol. The minimum absolute atomic E-state index is 0.342. The molecule has 2 N–H and O–H groups in total. The van der Waals surface area contributed by atoms with Gasteiger partial charge in [0.25, 0.3) is 0 Å². The molecule has 5 nitrogen and oxygen atoms in total. The summed E-state index contributed by atoms with van der Waals surface area (Å²) in [7, 11) is 0. The molecule has 2 heterocycles. The van der Waals surface area contributed by atoms with E-state index < -0.39 is 0 Å². The molecule has 5 heteroatoms. The van der Waals surface area contributed by atoms with Gasteiger partial charge >= 0.3 is 0 Å². The lowest BCUT2D eigenvalue weighted by Crippen LogP contribution is -2.32. The molecule has 106 valence electrons. The van der Waals surface area contributed by atoms with Gasteiger partial charge in [0.2, 0.25) is 0 Å². The van der Waals surface area contributed by atoms with E-state index in [9.17, 15) is 0 Å². The maximum atomic E-state index is 6.10. The van der Waals surface area contributed by atoms with Gasteiger partial charge in [-0.15, -0.1) is 0 Å². The zero-order valence-electron chi connectivity index (χ0n) is 12.1. The molecule has 0 spiro atoms. The lowest BCUT2D eigenvalue weighted by molar-refractivity contribution is 0.233. The van der Waals surface area contributed by atoms with Crippen LogP contribution in [0.3, 0.4) is 0 Å². The summed E-state index contributed by atoms with van der Waals surface area (Å²) in [4.78, 5) is 6.78. The largest absolute Gasteiger partial charge is 0.398 e. The summed E-state index contributed by atoms with van der Waals surface area (Å²) in [5.41, 5.74) is 9.65. The fraction of sp³-hybridized carbons (Fsp3) is 0.467. The Morgan fingerprint density at radius 1 is 1.35 bits per heavy atom. The van der Waals surface area contributed by atoms with E-state index in [-0.39, 0.29) is 0 Å². The Morgan fingerprint density at radius 2 is 2.20 bits per heavy atom. The van der Waals surface area contributed by atoms with Crippen molar-refractivity contribution in [2.45, 2.75) is 39.4 Å². The second-order valence-corrected chi connectivity index (χ2v) is 5.66. The number of fused-ring (bicyclic) bond motifs is 1. The third-order valence-corrected chi connectivity index (χ3v) is 3.89. The van der Waals surface area contributed by atoms with Crippen molar-refractivity contribution in [2.24, 2.45) is 0 Å². The summed E-state index contributed by atoms with van der Waals surface area (Å²) in [5, 5.41) is 4.30.